The first-order chi connectivity index (χ1) is 22.0. The molecule has 0 fully saturated rings. The van der Waals surface area contributed by atoms with Crippen LogP contribution in [0.2, 0.25) is 0 Å². The maximum Gasteiger partial charge on any atom is 0.339 e. The first-order valence-electron chi connectivity index (χ1n) is 14.3. The van der Waals surface area contributed by atoms with E-state index in [1.165, 1.54) is 46.6 Å². The number of benzene rings is 4. The number of aryl methyl sites for hydroxylation is 1. The Kier molecular flexibility index (Phi) is 7.69. The molecule has 4 aromatic rings. The van der Waals surface area contributed by atoms with Gasteiger partial charge in [-0.05, 0) is 36.8 Å². The van der Waals surface area contributed by atoms with E-state index < -0.39 is 39.0 Å². The monoisotopic (exact) mass is 644 g/mol. The van der Waals surface area contributed by atoms with Gasteiger partial charge in [-0.25, -0.2) is 4.79 Å². The summed E-state index contributed by atoms with van der Waals surface area (Å²) in [6.45, 7) is 1.82. The van der Waals surface area contributed by atoms with Gasteiger partial charge in [0, 0.05) is 17.7 Å². The van der Waals surface area contributed by atoms with Gasteiger partial charge in [-0.1, -0.05) is 60.2 Å². The second-order valence-electron chi connectivity index (χ2n) is 10.9. The minimum atomic E-state index is -4.64. The Morgan fingerprint density at radius 3 is 2.07 bits per heavy atom. The molecule has 10 nitrogen and oxygen atoms in total. The van der Waals surface area contributed by atoms with Crippen molar-refractivity contribution < 1.29 is 46.2 Å². The molecule has 1 N–H and O–H groups in total. The first kappa shape index (κ1) is 31.0. The Morgan fingerprint density at radius 1 is 0.826 bits per heavy atom. The van der Waals surface area contributed by atoms with Gasteiger partial charge in [-0.3, -0.25) is 0 Å². The lowest BCUT2D eigenvalue weighted by Gasteiger charge is -2.41. The molecular weight excluding hydrogens is 612 g/mol. The standard InChI is InChI=1S/C35H32O10S/c1-21-11-17-26(18-12-21)46(38,39)45-32-29(33(36)43-5)30(22-9-7-6-8-10-22)35(23-13-15-24(40-2)16-14-23)34(32,37)31-27(42-4)19-25(41-3)20-28(31)44-35/h6-20,30,37H,1-5H3/t30-,34+,35+/m1/s1. The summed E-state index contributed by atoms with van der Waals surface area (Å²) in [5, 5.41) is 13.4. The van der Waals surface area contributed by atoms with Gasteiger partial charge < -0.3 is 33.0 Å². The second-order valence-corrected chi connectivity index (χ2v) is 12.5. The van der Waals surface area contributed by atoms with Crippen LogP contribution in [0.4, 0.5) is 0 Å². The lowest BCUT2D eigenvalue weighted by Crippen LogP contribution is -2.50. The fourth-order valence-corrected chi connectivity index (χ4v) is 7.40. The number of aliphatic hydroxyl groups is 1. The van der Waals surface area contributed by atoms with Gasteiger partial charge in [0.15, 0.2) is 11.4 Å². The van der Waals surface area contributed by atoms with Crippen molar-refractivity contribution in [3.63, 3.8) is 0 Å². The molecule has 6 rings (SSSR count). The van der Waals surface area contributed by atoms with Crippen LogP contribution in [0.3, 0.4) is 0 Å². The van der Waals surface area contributed by atoms with Crippen molar-refractivity contribution in [2.45, 2.75) is 28.9 Å². The molecule has 0 aromatic heterocycles. The van der Waals surface area contributed by atoms with Crippen LogP contribution in [0.15, 0.2) is 107 Å². The molecular formula is C35H32O10S. The van der Waals surface area contributed by atoms with Crippen molar-refractivity contribution in [1.29, 1.82) is 0 Å². The molecule has 3 atom stereocenters. The van der Waals surface area contributed by atoms with Crippen molar-refractivity contribution in [3.05, 3.63) is 125 Å². The van der Waals surface area contributed by atoms with Crippen LogP contribution in [-0.4, -0.2) is 47.9 Å². The zero-order valence-electron chi connectivity index (χ0n) is 25.8. The number of methoxy groups -OCH3 is 4. The number of ether oxygens (including phenoxy) is 5. The van der Waals surface area contributed by atoms with E-state index in [9.17, 15) is 18.3 Å². The van der Waals surface area contributed by atoms with E-state index in [1.807, 2.05) is 6.92 Å². The lowest BCUT2D eigenvalue weighted by atomic mass is 9.69. The van der Waals surface area contributed by atoms with Crippen LogP contribution >= 0.6 is 0 Å². The van der Waals surface area contributed by atoms with E-state index in [2.05, 4.69) is 0 Å². The third-order valence-corrected chi connectivity index (χ3v) is 9.73. The highest BCUT2D eigenvalue weighted by molar-refractivity contribution is 7.86. The minimum absolute atomic E-state index is 0.0422. The smallest absolute Gasteiger partial charge is 0.339 e. The Bertz CT molecular complexity index is 1940. The summed E-state index contributed by atoms with van der Waals surface area (Å²) in [5.74, 6) is -1.54. The molecule has 0 saturated carbocycles. The van der Waals surface area contributed by atoms with Crippen LogP contribution in [0, 0.1) is 6.92 Å². The normalized spacial score (nSPS) is 21.6. The van der Waals surface area contributed by atoms with Gasteiger partial charge in [0.2, 0.25) is 5.60 Å². The molecule has 4 aromatic carbocycles. The van der Waals surface area contributed by atoms with Crippen LogP contribution in [-0.2, 0) is 35.0 Å². The molecule has 46 heavy (non-hydrogen) atoms. The number of esters is 1. The van der Waals surface area contributed by atoms with Gasteiger partial charge in [0.05, 0.1) is 45.5 Å². The molecule has 0 spiro atoms. The average Bonchev–Trinajstić information content (AvgIpc) is 3.46. The van der Waals surface area contributed by atoms with Crippen molar-refractivity contribution >= 4 is 16.1 Å². The lowest BCUT2D eigenvalue weighted by molar-refractivity contribution is -0.137. The number of hydrogen-bond donors (Lipinski definition) is 1. The van der Waals surface area contributed by atoms with E-state index in [1.54, 1.807) is 72.8 Å². The number of carbonyl (C=O) groups excluding carboxylic acids is 1. The number of fused-ring (bicyclic) bond motifs is 3. The topological polar surface area (TPSA) is 127 Å². The summed E-state index contributed by atoms with van der Waals surface area (Å²) in [6.07, 6.45) is 0. The predicted molar refractivity (Wildman–Crippen MR) is 166 cm³/mol. The molecule has 11 heteroatoms. The van der Waals surface area contributed by atoms with Gasteiger partial charge in [-0.15, -0.1) is 0 Å². The molecule has 0 radical (unpaired) electrons. The third kappa shape index (κ3) is 4.49. The molecule has 0 bridgehead atoms. The predicted octanol–water partition coefficient (Wildman–Crippen LogP) is 5.13. The largest absolute Gasteiger partial charge is 0.497 e. The van der Waals surface area contributed by atoms with E-state index in [4.69, 9.17) is 27.9 Å². The number of hydrogen-bond acceptors (Lipinski definition) is 10. The molecule has 238 valence electrons. The highest BCUT2D eigenvalue weighted by atomic mass is 32.2. The van der Waals surface area contributed by atoms with E-state index in [0.29, 0.717) is 22.6 Å². The summed E-state index contributed by atoms with van der Waals surface area (Å²) in [6, 6.07) is 24.6. The van der Waals surface area contributed by atoms with Crippen molar-refractivity contribution in [2.75, 3.05) is 28.4 Å². The van der Waals surface area contributed by atoms with Crippen LogP contribution in [0.1, 0.15) is 28.2 Å². The highest BCUT2D eigenvalue weighted by Gasteiger charge is 2.76. The number of rotatable bonds is 9. The summed E-state index contributed by atoms with van der Waals surface area (Å²) in [7, 11) is 0.908. The van der Waals surface area contributed by atoms with Gasteiger partial charge in [0.25, 0.3) is 0 Å². The zero-order chi connectivity index (χ0) is 32.9. The van der Waals surface area contributed by atoms with Crippen molar-refractivity contribution in [2.24, 2.45) is 0 Å². The maximum atomic E-state index is 14.0. The third-order valence-electron chi connectivity index (χ3n) is 8.49. The molecule has 2 aliphatic rings. The summed E-state index contributed by atoms with van der Waals surface area (Å²) < 4.78 is 62.7. The molecule has 0 unspecified atom stereocenters. The first-order valence-corrected chi connectivity index (χ1v) is 15.7. The average molecular weight is 645 g/mol. The zero-order valence-corrected chi connectivity index (χ0v) is 26.6. The van der Waals surface area contributed by atoms with Crippen LogP contribution in [0.5, 0.6) is 23.0 Å². The van der Waals surface area contributed by atoms with Crippen molar-refractivity contribution in [1.82, 2.24) is 0 Å². The molecule has 1 aliphatic carbocycles. The molecule has 1 aliphatic heterocycles. The highest BCUT2D eigenvalue weighted by Crippen LogP contribution is 2.71. The van der Waals surface area contributed by atoms with Gasteiger partial charge >= 0.3 is 16.1 Å². The second kappa shape index (κ2) is 11.4. The van der Waals surface area contributed by atoms with Crippen molar-refractivity contribution in [3.8, 4) is 23.0 Å². The maximum absolute atomic E-state index is 14.0. The SMILES string of the molecule is COC(=O)C1=C(OS(=O)(=O)c2ccc(C)cc2)[C@@]2(O)c3c(OC)cc(OC)cc3O[C@@]2(c2ccc(OC)cc2)[C@@H]1c1ccccc1. The Balaban J connectivity index is 1.75. The van der Waals surface area contributed by atoms with Crippen LogP contribution < -0.4 is 18.9 Å². The van der Waals surface area contributed by atoms with E-state index >= 15 is 0 Å². The fraction of sp³-hybridized carbons (Fsp3) is 0.229. The summed E-state index contributed by atoms with van der Waals surface area (Å²) in [5.41, 5.74) is -2.88. The van der Waals surface area contributed by atoms with Gasteiger partial charge in [-0.2, -0.15) is 8.42 Å². The summed E-state index contributed by atoms with van der Waals surface area (Å²) in [4.78, 5) is 13.7. The minimum Gasteiger partial charge on any atom is -0.497 e. The number of carbonyl (C=O) groups is 1. The Hall–Kier alpha value is -5.00. The molecule has 1 heterocycles. The van der Waals surface area contributed by atoms with E-state index in [-0.39, 0.29) is 27.5 Å². The summed E-state index contributed by atoms with van der Waals surface area (Å²) >= 11 is 0. The Morgan fingerprint density at radius 2 is 1.48 bits per heavy atom. The fourth-order valence-electron chi connectivity index (χ4n) is 6.40. The van der Waals surface area contributed by atoms with Crippen LogP contribution in [0.25, 0.3) is 0 Å². The molecule has 0 amide bonds. The molecule has 0 saturated heterocycles. The van der Waals surface area contributed by atoms with Gasteiger partial charge in [0.1, 0.15) is 27.9 Å². The Labute approximate surface area is 266 Å². The quantitative estimate of drug-likeness (QED) is 0.194. The van der Waals surface area contributed by atoms with E-state index in [0.717, 1.165) is 5.56 Å².